The van der Waals surface area contributed by atoms with Crippen LogP contribution in [0.4, 0.5) is 0 Å². The Bertz CT molecular complexity index is 339. The second kappa shape index (κ2) is 15.4. The third-order valence-corrected chi connectivity index (χ3v) is 5.08. The second-order valence-electron chi connectivity index (χ2n) is 6.87. The maximum absolute atomic E-state index is 10.5. The minimum absolute atomic E-state index is 0.0912. The number of aliphatic hydroxyl groups excluding tert-OH is 1. The quantitative estimate of drug-likeness (QED) is 0.282. The Morgan fingerprint density at radius 2 is 0.957 bits per heavy atom. The van der Waals surface area contributed by atoms with E-state index in [0.717, 1.165) is 25.7 Å². The van der Waals surface area contributed by atoms with Crippen LogP contribution in [0.3, 0.4) is 0 Å². The van der Waals surface area contributed by atoms with Crippen LogP contribution in [0.2, 0.25) is 0 Å². The standard InChI is InChI=1S/C18H38O4S/c1-18(19)16-14-12-10-8-6-4-2-3-5-7-9-11-13-15-17-23(20,21)22/h18-19H,2-17H2,1H3,(H,20,21,22). The zero-order valence-corrected chi connectivity index (χ0v) is 15.8. The van der Waals surface area contributed by atoms with Gasteiger partial charge in [-0.15, -0.1) is 0 Å². The first kappa shape index (κ1) is 22.9. The molecule has 0 amide bonds. The lowest BCUT2D eigenvalue weighted by Crippen LogP contribution is -2.03. The average Bonchev–Trinajstić information content (AvgIpc) is 2.45. The van der Waals surface area contributed by atoms with E-state index in [1.165, 1.54) is 64.2 Å². The largest absolute Gasteiger partial charge is 0.393 e. The topological polar surface area (TPSA) is 74.6 Å². The van der Waals surface area contributed by atoms with Crippen molar-refractivity contribution < 1.29 is 18.1 Å². The van der Waals surface area contributed by atoms with Gasteiger partial charge >= 0.3 is 0 Å². The van der Waals surface area contributed by atoms with Crippen LogP contribution in [0.25, 0.3) is 0 Å². The Balaban J connectivity index is 3.05. The van der Waals surface area contributed by atoms with E-state index in [4.69, 9.17) is 9.66 Å². The van der Waals surface area contributed by atoms with E-state index in [2.05, 4.69) is 0 Å². The number of hydrogen-bond acceptors (Lipinski definition) is 3. The smallest absolute Gasteiger partial charge is 0.264 e. The number of unbranched alkanes of at least 4 members (excludes halogenated alkanes) is 13. The van der Waals surface area contributed by atoms with Crippen LogP contribution in [0.15, 0.2) is 0 Å². The molecular formula is C18H38O4S. The Kier molecular flexibility index (Phi) is 15.3. The third kappa shape index (κ3) is 21.9. The van der Waals surface area contributed by atoms with Crippen LogP contribution < -0.4 is 0 Å². The predicted molar refractivity (Wildman–Crippen MR) is 97.4 cm³/mol. The van der Waals surface area contributed by atoms with E-state index >= 15 is 0 Å². The van der Waals surface area contributed by atoms with Gasteiger partial charge in [0.25, 0.3) is 10.1 Å². The van der Waals surface area contributed by atoms with Crippen LogP contribution in [-0.4, -0.2) is 29.9 Å². The summed E-state index contributed by atoms with van der Waals surface area (Å²) in [6.45, 7) is 1.86. The minimum Gasteiger partial charge on any atom is -0.393 e. The summed E-state index contributed by atoms with van der Waals surface area (Å²) in [5, 5.41) is 9.15. The molecule has 0 saturated heterocycles. The summed E-state index contributed by atoms with van der Waals surface area (Å²) in [5.41, 5.74) is 0. The lowest BCUT2D eigenvalue weighted by Gasteiger charge is -2.04. The fraction of sp³-hybridized carbons (Fsp3) is 1.00. The molecule has 0 aliphatic heterocycles. The molecule has 0 aromatic carbocycles. The third-order valence-electron chi connectivity index (χ3n) is 4.27. The molecule has 0 fully saturated rings. The molecule has 0 bridgehead atoms. The first-order valence-corrected chi connectivity index (χ1v) is 11.2. The monoisotopic (exact) mass is 350 g/mol. The summed E-state index contributed by atoms with van der Waals surface area (Å²) in [5.74, 6) is -0.0912. The SMILES string of the molecule is CC(O)CCCCCCCCCCCCCCCCS(=O)(=O)O. The van der Waals surface area contributed by atoms with Crippen molar-refractivity contribution in [3.8, 4) is 0 Å². The van der Waals surface area contributed by atoms with Gasteiger partial charge in [-0.2, -0.15) is 8.42 Å². The van der Waals surface area contributed by atoms with Crippen LogP contribution in [0, 0.1) is 0 Å². The molecule has 0 rings (SSSR count). The van der Waals surface area contributed by atoms with Gasteiger partial charge in [-0.3, -0.25) is 4.55 Å². The molecule has 0 aliphatic carbocycles. The van der Waals surface area contributed by atoms with Crippen molar-refractivity contribution in [2.45, 2.75) is 109 Å². The lowest BCUT2D eigenvalue weighted by atomic mass is 10.0. The summed E-state index contributed by atoms with van der Waals surface area (Å²) in [7, 11) is -3.76. The van der Waals surface area contributed by atoms with E-state index in [9.17, 15) is 8.42 Å². The Morgan fingerprint density at radius 3 is 1.26 bits per heavy atom. The first-order valence-electron chi connectivity index (χ1n) is 9.55. The molecule has 5 heteroatoms. The van der Waals surface area contributed by atoms with Crippen LogP contribution in [-0.2, 0) is 10.1 Å². The van der Waals surface area contributed by atoms with Gasteiger partial charge in [-0.05, 0) is 19.8 Å². The Hall–Kier alpha value is -0.130. The van der Waals surface area contributed by atoms with Gasteiger partial charge in [-0.25, -0.2) is 0 Å². The molecule has 0 heterocycles. The zero-order valence-electron chi connectivity index (χ0n) is 15.0. The fourth-order valence-corrected chi connectivity index (χ4v) is 3.41. The van der Waals surface area contributed by atoms with Crippen LogP contribution >= 0.6 is 0 Å². The summed E-state index contributed by atoms with van der Waals surface area (Å²) < 4.78 is 29.7. The first-order chi connectivity index (χ1) is 10.9. The lowest BCUT2D eigenvalue weighted by molar-refractivity contribution is 0.180. The average molecular weight is 351 g/mol. The highest BCUT2D eigenvalue weighted by atomic mass is 32.2. The molecule has 0 aromatic heterocycles. The van der Waals surface area contributed by atoms with Crippen molar-refractivity contribution >= 4 is 10.1 Å². The van der Waals surface area contributed by atoms with Gasteiger partial charge in [-0.1, -0.05) is 83.5 Å². The number of hydrogen-bond donors (Lipinski definition) is 2. The van der Waals surface area contributed by atoms with Crippen molar-refractivity contribution in [2.75, 3.05) is 5.75 Å². The molecule has 0 radical (unpaired) electrons. The van der Waals surface area contributed by atoms with Crippen molar-refractivity contribution in [3.05, 3.63) is 0 Å². The van der Waals surface area contributed by atoms with Gasteiger partial charge in [0, 0.05) is 0 Å². The maximum atomic E-state index is 10.5. The molecule has 0 spiro atoms. The minimum atomic E-state index is -3.76. The van der Waals surface area contributed by atoms with Gasteiger partial charge in [0.05, 0.1) is 11.9 Å². The highest BCUT2D eigenvalue weighted by molar-refractivity contribution is 7.85. The summed E-state index contributed by atoms with van der Waals surface area (Å²) in [4.78, 5) is 0. The second-order valence-corrected chi connectivity index (χ2v) is 8.45. The molecule has 0 saturated carbocycles. The number of aliphatic hydroxyl groups is 1. The van der Waals surface area contributed by atoms with E-state index < -0.39 is 10.1 Å². The molecule has 4 nitrogen and oxygen atoms in total. The number of rotatable bonds is 17. The summed E-state index contributed by atoms with van der Waals surface area (Å²) in [6.07, 6.45) is 17.4. The fourth-order valence-electron chi connectivity index (χ4n) is 2.85. The molecule has 140 valence electrons. The molecular weight excluding hydrogens is 312 g/mol. The van der Waals surface area contributed by atoms with E-state index in [1.807, 2.05) is 6.92 Å². The summed E-state index contributed by atoms with van der Waals surface area (Å²) in [6, 6.07) is 0. The zero-order chi connectivity index (χ0) is 17.4. The van der Waals surface area contributed by atoms with Crippen molar-refractivity contribution in [1.82, 2.24) is 0 Å². The van der Waals surface area contributed by atoms with Gasteiger partial charge in [0.2, 0.25) is 0 Å². The van der Waals surface area contributed by atoms with Crippen LogP contribution in [0.5, 0.6) is 0 Å². The molecule has 1 atom stereocenters. The Labute approximate surface area is 143 Å². The maximum Gasteiger partial charge on any atom is 0.264 e. The predicted octanol–water partition coefficient (Wildman–Crippen LogP) is 5.11. The highest BCUT2D eigenvalue weighted by Crippen LogP contribution is 2.13. The molecule has 0 aromatic rings. The normalized spacial score (nSPS) is 13.3. The van der Waals surface area contributed by atoms with Crippen molar-refractivity contribution in [3.63, 3.8) is 0 Å². The van der Waals surface area contributed by atoms with Gasteiger partial charge < -0.3 is 5.11 Å². The van der Waals surface area contributed by atoms with Crippen LogP contribution in [0.1, 0.15) is 103 Å². The van der Waals surface area contributed by atoms with Crippen molar-refractivity contribution in [1.29, 1.82) is 0 Å². The van der Waals surface area contributed by atoms with E-state index in [0.29, 0.717) is 6.42 Å². The summed E-state index contributed by atoms with van der Waals surface area (Å²) >= 11 is 0. The van der Waals surface area contributed by atoms with Crippen molar-refractivity contribution in [2.24, 2.45) is 0 Å². The molecule has 1 unspecified atom stereocenters. The molecule has 2 N–H and O–H groups in total. The Morgan fingerprint density at radius 1 is 0.652 bits per heavy atom. The van der Waals surface area contributed by atoms with Gasteiger partial charge in [0.15, 0.2) is 0 Å². The van der Waals surface area contributed by atoms with E-state index in [-0.39, 0.29) is 11.9 Å². The molecule has 23 heavy (non-hydrogen) atoms. The van der Waals surface area contributed by atoms with E-state index in [1.54, 1.807) is 0 Å². The highest BCUT2D eigenvalue weighted by Gasteiger charge is 2.02. The van der Waals surface area contributed by atoms with Gasteiger partial charge in [0.1, 0.15) is 0 Å². The molecule has 0 aliphatic rings.